The minimum absolute atomic E-state index is 0.797. The highest BCUT2D eigenvalue weighted by Crippen LogP contribution is 1.96. The molecule has 1 aromatic rings. The molecule has 0 saturated carbocycles. The molecular formula is C15H26N4. The van der Waals surface area contributed by atoms with E-state index in [2.05, 4.69) is 46.5 Å². The molecule has 19 heavy (non-hydrogen) atoms. The molecule has 0 amide bonds. The van der Waals surface area contributed by atoms with Crippen molar-refractivity contribution >= 4 is 5.96 Å². The van der Waals surface area contributed by atoms with E-state index in [0.717, 1.165) is 38.7 Å². The Bertz CT molecular complexity index is 358. The van der Waals surface area contributed by atoms with E-state index < -0.39 is 0 Å². The Morgan fingerprint density at radius 3 is 2.37 bits per heavy atom. The largest absolute Gasteiger partial charge is 0.355 e. The van der Waals surface area contributed by atoms with E-state index in [1.807, 2.05) is 18.2 Å². The van der Waals surface area contributed by atoms with Gasteiger partial charge in [-0.25, -0.2) is 0 Å². The van der Waals surface area contributed by atoms with Gasteiger partial charge < -0.3 is 15.5 Å². The van der Waals surface area contributed by atoms with Crippen LogP contribution in [0.15, 0.2) is 35.3 Å². The summed E-state index contributed by atoms with van der Waals surface area (Å²) in [5.74, 6) is 0.857. The van der Waals surface area contributed by atoms with Crippen molar-refractivity contribution in [3.8, 4) is 0 Å². The van der Waals surface area contributed by atoms with Crippen molar-refractivity contribution < 1.29 is 0 Å². The van der Waals surface area contributed by atoms with Gasteiger partial charge in [0.2, 0.25) is 0 Å². The summed E-state index contributed by atoms with van der Waals surface area (Å²) in [6.07, 6.45) is 0. The number of rotatable bonds is 7. The van der Waals surface area contributed by atoms with Crippen LogP contribution in [-0.4, -0.2) is 44.1 Å². The summed E-state index contributed by atoms with van der Waals surface area (Å²) in [5, 5.41) is 6.65. The summed E-state index contributed by atoms with van der Waals surface area (Å²) in [4.78, 5) is 6.61. The number of hydrogen-bond donors (Lipinski definition) is 2. The summed E-state index contributed by atoms with van der Waals surface area (Å²) in [6, 6.07) is 10.3. The summed E-state index contributed by atoms with van der Waals surface area (Å²) in [5.41, 5.74) is 1.26. The molecule has 1 rings (SSSR count). The number of likely N-dealkylation sites (N-methyl/N-ethyl adjacent to an activating group) is 1. The second-order valence-corrected chi connectivity index (χ2v) is 4.37. The summed E-state index contributed by atoms with van der Waals surface area (Å²) < 4.78 is 0. The van der Waals surface area contributed by atoms with Crippen LogP contribution in [0.3, 0.4) is 0 Å². The first-order valence-electron chi connectivity index (χ1n) is 7.01. The molecule has 0 radical (unpaired) electrons. The molecule has 0 unspecified atom stereocenters. The Morgan fingerprint density at radius 2 is 1.79 bits per heavy atom. The third-order valence-electron chi connectivity index (χ3n) is 3.14. The number of nitrogens with one attached hydrogen (secondary N) is 2. The molecule has 2 N–H and O–H groups in total. The molecule has 0 atom stereocenters. The van der Waals surface area contributed by atoms with Crippen LogP contribution >= 0.6 is 0 Å². The molecule has 0 aliphatic carbocycles. The third kappa shape index (κ3) is 6.25. The Balaban J connectivity index is 2.27. The lowest BCUT2D eigenvalue weighted by Gasteiger charge is -2.19. The first-order valence-corrected chi connectivity index (χ1v) is 7.01. The maximum absolute atomic E-state index is 4.23. The molecule has 0 fully saturated rings. The van der Waals surface area contributed by atoms with Gasteiger partial charge in [-0.15, -0.1) is 0 Å². The topological polar surface area (TPSA) is 39.7 Å². The van der Waals surface area contributed by atoms with Gasteiger partial charge >= 0.3 is 0 Å². The van der Waals surface area contributed by atoms with Gasteiger partial charge in [0.15, 0.2) is 5.96 Å². The molecule has 0 heterocycles. The van der Waals surface area contributed by atoms with Gasteiger partial charge in [-0.05, 0) is 18.7 Å². The zero-order chi connectivity index (χ0) is 13.9. The van der Waals surface area contributed by atoms with Crippen LogP contribution in [0.2, 0.25) is 0 Å². The molecule has 106 valence electrons. The number of nitrogens with zero attached hydrogens (tertiary/aromatic N) is 2. The van der Waals surface area contributed by atoms with Crippen molar-refractivity contribution in [2.45, 2.75) is 20.4 Å². The lowest BCUT2D eigenvalue weighted by molar-refractivity contribution is 0.308. The fourth-order valence-electron chi connectivity index (χ4n) is 1.87. The Kier molecular flexibility index (Phi) is 7.66. The van der Waals surface area contributed by atoms with Crippen LogP contribution in [0.4, 0.5) is 0 Å². The average Bonchev–Trinajstić information content (AvgIpc) is 2.48. The van der Waals surface area contributed by atoms with Crippen molar-refractivity contribution in [3.63, 3.8) is 0 Å². The summed E-state index contributed by atoms with van der Waals surface area (Å²) in [6.45, 7) is 9.31. The molecule has 0 aromatic heterocycles. The second-order valence-electron chi connectivity index (χ2n) is 4.37. The molecule has 0 spiro atoms. The first kappa shape index (κ1) is 15.5. The monoisotopic (exact) mass is 262 g/mol. The predicted octanol–water partition coefficient (Wildman–Crippen LogP) is 1.69. The normalized spacial score (nSPS) is 11.7. The molecular weight excluding hydrogens is 236 g/mol. The standard InChI is InChI=1S/C15H26N4/c1-4-19(5-2)12-11-17-15(16-3)18-13-14-9-7-6-8-10-14/h6-10H,4-5,11-13H2,1-3H3,(H2,16,17,18). The molecule has 4 heteroatoms. The van der Waals surface area contributed by atoms with E-state index in [4.69, 9.17) is 0 Å². The summed E-state index contributed by atoms with van der Waals surface area (Å²) in [7, 11) is 1.80. The minimum Gasteiger partial charge on any atom is -0.355 e. The zero-order valence-corrected chi connectivity index (χ0v) is 12.3. The first-order chi connectivity index (χ1) is 9.30. The smallest absolute Gasteiger partial charge is 0.191 e. The second kappa shape index (κ2) is 9.39. The highest BCUT2D eigenvalue weighted by Gasteiger charge is 2.00. The van der Waals surface area contributed by atoms with Crippen LogP contribution in [-0.2, 0) is 6.54 Å². The van der Waals surface area contributed by atoms with E-state index in [9.17, 15) is 0 Å². The number of benzene rings is 1. The van der Waals surface area contributed by atoms with E-state index in [-0.39, 0.29) is 0 Å². The minimum atomic E-state index is 0.797. The van der Waals surface area contributed by atoms with Crippen LogP contribution in [0, 0.1) is 0 Å². The zero-order valence-electron chi connectivity index (χ0n) is 12.3. The van der Waals surface area contributed by atoms with Crippen LogP contribution in [0.1, 0.15) is 19.4 Å². The number of hydrogen-bond acceptors (Lipinski definition) is 2. The molecule has 1 aromatic carbocycles. The lowest BCUT2D eigenvalue weighted by Crippen LogP contribution is -2.41. The maximum atomic E-state index is 4.23. The maximum Gasteiger partial charge on any atom is 0.191 e. The fraction of sp³-hybridized carbons (Fsp3) is 0.533. The van der Waals surface area contributed by atoms with Gasteiger partial charge in [-0.1, -0.05) is 44.2 Å². The van der Waals surface area contributed by atoms with Crippen LogP contribution < -0.4 is 10.6 Å². The molecule has 4 nitrogen and oxygen atoms in total. The van der Waals surface area contributed by atoms with E-state index in [1.54, 1.807) is 7.05 Å². The summed E-state index contributed by atoms with van der Waals surface area (Å²) >= 11 is 0. The molecule has 0 aliphatic rings. The van der Waals surface area contributed by atoms with Crippen molar-refractivity contribution in [1.82, 2.24) is 15.5 Å². The third-order valence-corrected chi connectivity index (χ3v) is 3.14. The number of aliphatic imine (C=N–C) groups is 1. The molecule has 0 aliphatic heterocycles. The quantitative estimate of drug-likeness (QED) is 0.580. The molecule has 0 saturated heterocycles. The van der Waals surface area contributed by atoms with E-state index >= 15 is 0 Å². The van der Waals surface area contributed by atoms with Crippen molar-refractivity contribution in [1.29, 1.82) is 0 Å². The van der Waals surface area contributed by atoms with Gasteiger partial charge in [0.25, 0.3) is 0 Å². The predicted molar refractivity (Wildman–Crippen MR) is 82.4 cm³/mol. The van der Waals surface area contributed by atoms with E-state index in [0.29, 0.717) is 0 Å². The molecule has 0 bridgehead atoms. The van der Waals surface area contributed by atoms with E-state index in [1.165, 1.54) is 5.56 Å². The van der Waals surface area contributed by atoms with Gasteiger partial charge in [-0.2, -0.15) is 0 Å². The van der Waals surface area contributed by atoms with Crippen LogP contribution in [0.25, 0.3) is 0 Å². The van der Waals surface area contributed by atoms with Gasteiger partial charge in [0.1, 0.15) is 0 Å². The van der Waals surface area contributed by atoms with Crippen LogP contribution in [0.5, 0.6) is 0 Å². The van der Waals surface area contributed by atoms with Gasteiger partial charge in [0, 0.05) is 26.7 Å². The van der Waals surface area contributed by atoms with Gasteiger partial charge in [0.05, 0.1) is 0 Å². The lowest BCUT2D eigenvalue weighted by atomic mass is 10.2. The van der Waals surface area contributed by atoms with Gasteiger partial charge in [-0.3, -0.25) is 4.99 Å². The van der Waals surface area contributed by atoms with Crippen molar-refractivity contribution in [3.05, 3.63) is 35.9 Å². The fourth-order valence-corrected chi connectivity index (χ4v) is 1.87. The highest BCUT2D eigenvalue weighted by atomic mass is 15.2. The van der Waals surface area contributed by atoms with Crippen molar-refractivity contribution in [2.75, 3.05) is 33.2 Å². The number of guanidine groups is 1. The highest BCUT2D eigenvalue weighted by molar-refractivity contribution is 5.79. The average molecular weight is 262 g/mol. The Hall–Kier alpha value is -1.55. The SMILES string of the molecule is CCN(CC)CCNC(=NC)NCc1ccccc1. The Labute approximate surface area is 116 Å². The van der Waals surface area contributed by atoms with Crippen molar-refractivity contribution in [2.24, 2.45) is 4.99 Å². The Morgan fingerprint density at radius 1 is 1.11 bits per heavy atom.